The maximum atomic E-state index is 10.6. The standard InChI is InChI=1S/C11H22N2O2/c1-3-12(4-2)7-5-10-6-8-13(9-10)11(14)15/h10H,3-9H2,1-2H3,(H,14,15)/p-1/t10-/m0/s1. The van der Waals surface area contributed by atoms with Crippen molar-refractivity contribution in [3.63, 3.8) is 0 Å². The Morgan fingerprint density at radius 3 is 2.60 bits per heavy atom. The van der Waals surface area contributed by atoms with Crippen LogP contribution in [0, 0.1) is 5.92 Å². The highest BCUT2D eigenvalue weighted by atomic mass is 16.4. The first-order chi connectivity index (χ1) is 7.17. The van der Waals surface area contributed by atoms with Crippen LogP contribution in [0.15, 0.2) is 0 Å². The third-order valence-corrected chi connectivity index (χ3v) is 3.29. The van der Waals surface area contributed by atoms with Crippen LogP contribution in [0.25, 0.3) is 0 Å². The van der Waals surface area contributed by atoms with Crippen LogP contribution in [-0.4, -0.2) is 48.6 Å². The number of carbonyl (C=O) groups is 1. The van der Waals surface area contributed by atoms with Gasteiger partial charge in [0.1, 0.15) is 6.09 Å². The molecule has 1 aliphatic heterocycles. The van der Waals surface area contributed by atoms with Crippen LogP contribution in [0.4, 0.5) is 4.79 Å². The first-order valence-electron chi connectivity index (χ1n) is 5.85. The Bertz CT molecular complexity index is 205. The number of rotatable bonds is 5. The van der Waals surface area contributed by atoms with Gasteiger partial charge in [-0.1, -0.05) is 13.8 Å². The molecule has 0 saturated carbocycles. The van der Waals surface area contributed by atoms with E-state index in [1.54, 1.807) is 0 Å². The molecule has 1 fully saturated rings. The highest BCUT2D eigenvalue weighted by Crippen LogP contribution is 2.19. The molecule has 0 aliphatic carbocycles. The Morgan fingerprint density at radius 1 is 1.47 bits per heavy atom. The van der Waals surface area contributed by atoms with Crippen molar-refractivity contribution < 1.29 is 9.90 Å². The minimum Gasteiger partial charge on any atom is -0.530 e. The Kier molecular flexibility index (Phi) is 4.88. The van der Waals surface area contributed by atoms with Crippen molar-refractivity contribution in [3.05, 3.63) is 0 Å². The molecule has 1 amide bonds. The van der Waals surface area contributed by atoms with E-state index in [9.17, 15) is 9.90 Å². The van der Waals surface area contributed by atoms with Gasteiger partial charge in [0.15, 0.2) is 0 Å². The molecule has 1 atom stereocenters. The van der Waals surface area contributed by atoms with Gasteiger partial charge in [-0.15, -0.1) is 0 Å². The van der Waals surface area contributed by atoms with Crippen LogP contribution in [-0.2, 0) is 0 Å². The van der Waals surface area contributed by atoms with Crippen LogP contribution >= 0.6 is 0 Å². The van der Waals surface area contributed by atoms with Gasteiger partial charge in [0.2, 0.25) is 0 Å². The maximum Gasteiger partial charge on any atom is 0.136 e. The van der Waals surface area contributed by atoms with Gasteiger partial charge >= 0.3 is 0 Å². The first-order valence-corrected chi connectivity index (χ1v) is 5.85. The van der Waals surface area contributed by atoms with Crippen LogP contribution < -0.4 is 5.11 Å². The zero-order chi connectivity index (χ0) is 11.3. The van der Waals surface area contributed by atoms with E-state index in [1.807, 2.05) is 0 Å². The minimum absolute atomic E-state index is 0.531. The van der Waals surface area contributed by atoms with E-state index in [-0.39, 0.29) is 0 Å². The summed E-state index contributed by atoms with van der Waals surface area (Å²) in [6.07, 6.45) is 1.08. The molecule has 0 aromatic heterocycles. The maximum absolute atomic E-state index is 10.6. The van der Waals surface area contributed by atoms with Crippen LogP contribution in [0.5, 0.6) is 0 Å². The molecule has 1 saturated heterocycles. The van der Waals surface area contributed by atoms with E-state index in [1.165, 1.54) is 4.90 Å². The van der Waals surface area contributed by atoms with Crippen molar-refractivity contribution in [2.75, 3.05) is 32.7 Å². The minimum atomic E-state index is -1.01. The van der Waals surface area contributed by atoms with Crippen LogP contribution in [0.3, 0.4) is 0 Å². The van der Waals surface area contributed by atoms with Crippen molar-refractivity contribution in [1.82, 2.24) is 9.80 Å². The van der Waals surface area contributed by atoms with Gasteiger partial charge < -0.3 is 19.7 Å². The number of hydrogen-bond acceptors (Lipinski definition) is 3. The second-order valence-electron chi connectivity index (χ2n) is 4.18. The molecule has 1 rings (SSSR count). The van der Waals surface area contributed by atoms with Gasteiger partial charge in [0.25, 0.3) is 0 Å². The normalized spacial score (nSPS) is 21.3. The number of amides is 1. The number of likely N-dealkylation sites (tertiary alicyclic amines) is 1. The zero-order valence-electron chi connectivity index (χ0n) is 9.74. The number of carboxylic acid groups (broad SMARTS) is 1. The highest BCUT2D eigenvalue weighted by Gasteiger charge is 2.22. The monoisotopic (exact) mass is 213 g/mol. The lowest BCUT2D eigenvalue weighted by molar-refractivity contribution is -0.264. The Hall–Kier alpha value is -0.770. The average Bonchev–Trinajstić information content (AvgIpc) is 2.68. The van der Waals surface area contributed by atoms with E-state index in [4.69, 9.17) is 0 Å². The van der Waals surface area contributed by atoms with Crippen LogP contribution in [0.2, 0.25) is 0 Å². The summed E-state index contributed by atoms with van der Waals surface area (Å²) in [6.45, 7) is 8.88. The summed E-state index contributed by atoms with van der Waals surface area (Å²) in [6, 6.07) is 0. The largest absolute Gasteiger partial charge is 0.530 e. The summed E-state index contributed by atoms with van der Waals surface area (Å²) < 4.78 is 0. The third-order valence-electron chi connectivity index (χ3n) is 3.29. The molecule has 0 aromatic rings. The summed E-state index contributed by atoms with van der Waals surface area (Å²) in [7, 11) is 0. The number of carbonyl (C=O) groups excluding carboxylic acids is 1. The Morgan fingerprint density at radius 2 is 2.13 bits per heavy atom. The lowest BCUT2D eigenvalue weighted by Gasteiger charge is -2.21. The van der Waals surface area contributed by atoms with E-state index in [0.29, 0.717) is 19.0 Å². The van der Waals surface area contributed by atoms with Gasteiger partial charge in [-0.25, -0.2) is 0 Å². The van der Waals surface area contributed by atoms with Gasteiger partial charge in [0, 0.05) is 13.1 Å². The van der Waals surface area contributed by atoms with Gasteiger partial charge in [-0.2, -0.15) is 0 Å². The summed E-state index contributed by atoms with van der Waals surface area (Å²) in [5.41, 5.74) is 0. The summed E-state index contributed by atoms with van der Waals surface area (Å²) in [4.78, 5) is 14.4. The molecule has 15 heavy (non-hydrogen) atoms. The van der Waals surface area contributed by atoms with E-state index < -0.39 is 6.09 Å². The van der Waals surface area contributed by atoms with Gasteiger partial charge in [-0.3, -0.25) is 0 Å². The topological polar surface area (TPSA) is 46.6 Å². The molecule has 4 heteroatoms. The zero-order valence-corrected chi connectivity index (χ0v) is 9.74. The predicted molar refractivity (Wildman–Crippen MR) is 57.5 cm³/mol. The highest BCUT2D eigenvalue weighted by molar-refractivity contribution is 5.62. The lowest BCUT2D eigenvalue weighted by atomic mass is 10.0. The van der Waals surface area contributed by atoms with Crippen molar-refractivity contribution in [1.29, 1.82) is 0 Å². The molecule has 0 N–H and O–H groups in total. The molecule has 1 aliphatic rings. The quantitative estimate of drug-likeness (QED) is 0.663. The average molecular weight is 213 g/mol. The SMILES string of the molecule is CCN(CC)CC[C@H]1CCN(C(=O)[O-])C1. The second kappa shape index (κ2) is 5.95. The van der Waals surface area contributed by atoms with Gasteiger partial charge in [0.05, 0.1) is 0 Å². The summed E-state index contributed by atoms with van der Waals surface area (Å²) >= 11 is 0. The molecule has 0 unspecified atom stereocenters. The van der Waals surface area contributed by atoms with Crippen molar-refractivity contribution in [3.8, 4) is 0 Å². The van der Waals surface area contributed by atoms with Gasteiger partial charge in [-0.05, 0) is 38.4 Å². The predicted octanol–water partition coefficient (Wildman–Crippen LogP) is 0.383. The van der Waals surface area contributed by atoms with E-state index in [2.05, 4.69) is 18.7 Å². The second-order valence-corrected chi connectivity index (χ2v) is 4.18. The Balaban J connectivity index is 2.21. The molecule has 88 valence electrons. The van der Waals surface area contributed by atoms with Crippen molar-refractivity contribution in [2.24, 2.45) is 5.92 Å². The van der Waals surface area contributed by atoms with E-state index in [0.717, 1.165) is 32.5 Å². The molecule has 0 radical (unpaired) electrons. The molecule has 0 spiro atoms. The van der Waals surface area contributed by atoms with Crippen molar-refractivity contribution in [2.45, 2.75) is 26.7 Å². The molecule has 0 aromatic carbocycles. The van der Waals surface area contributed by atoms with E-state index >= 15 is 0 Å². The van der Waals surface area contributed by atoms with Crippen molar-refractivity contribution >= 4 is 6.09 Å². The molecule has 1 heterocycles. The molecule has 4 nitrogen and oxygen atoms in total. The molecule has 0 bridgehead atoms. The molecular formula is C11H21N2O2-. The fourth-order valence-corrected chi connectivity index (χ4v) is 2.14. The third kappa shape index (κ3) is 3.70. The summed E-state index contributed by atoms with van der Waals surface area (Å²) in [5, 5.41) is 10.6. The fraction of sp³-hybridized carbons (Fsp3) is 0.909. The fourth-order valence-electron chi connectivity index (χ4n) is 2.14. The number of hydrogen-bond donors (Lipinski definition) is 0. The Labute approximate surface area is 91.9 Å². The molecular weight excluding hydrogens is 192 g/mol. The van der Waals surface area contributed by atoms with Crippen LogP contribution in [0.1, 0.15) is 26.7 Å². The smallest absolute Gasteiger partial charge is 0.136 e. The summed E-state index contributed by atoms with van der Waals surface area (Å²) in [5.74, 6) is 0.531. The lowest BCUT2D eigenvalue weighted by Crippen LogP contribution is -2.39. The number of nitrogens with zero attached hydrogens (tertiary/aromatic N) is 2. The first kappa shape index (κ1) is 12.3.